The average Bonchev–Trinajstić information content (AvgIpc) is 3.42. The summed E-state index contributed by atoms with van der Waals surface area (Å²) in [4.78, 5) is 12.3. The van der Waals surface area contributed by atoms with Crippen LogP contribution >= 0.6 is 0 Å². The first-order valence-electron chi connectivity index (χ1n) is 9.09. The fraction of sp³-hybridized carbons (Fsp3) is 0.300. The second-order valence-corrected chi connectivity index (χ2v) is 9.09. The maximum absolute atomic E-state index is 12.3. The number of sulfone groups is 1. The Kier molecular flexibility index (Phi) is 4.47. The number of aromatic nitrogens is 3. The summed E-state index contributed by atoms with van der Waals surface area (Å²) in [6.45, 7) is 2.69. The Hall–Kier alpha value is -2.67. The molecule has 0 aliphatic heterocycles. The van der Waals surface area contributed by atoms with Crippen LogP contribution in [0.15, 0.2) is 64.7 Å². The first-order chi connectivity index (χ1) is 13.0. The molecule has 0 N–H and O–H groups in total. The first kappa shape index (κ1) is 17.7. The molecule has 1 aliphatic rings. The van der Waals surface area contributed by atoms with E-state index in [1.54, 1.807) is 45.9 Å². The van der Waals surface area contributed by atoms with Crippen molar-refractivity contribution in [1.29, 1.82) is 0 Å². The minimum atomic E-state index is -3.17. The Labute approximate surface area is 158 Å². The number of benzene rings is 1. The molecule has 140 valence electrons. The van der Waals surface area contributed by atoms with Gasteiger partial charge in [-0.25, -0.2) is 13.1 Å². The van der Waals surface area contributed by atoms with Gasteiger partial charge in [-0.05, 0) is 43.0 Å². The van der Waals surface area contributed by atoms with E-state index in [9.17, 15) is 13.2 Å². The van der Waals surface area contributed by atoms with Gasteiger partial charge in [-0.3, -0.25) is 4.79 Å². The molecule has 1 aromatic carbocycles. The summed E-state index contributed by atoms with van der Waals surface area (Å²) < 4.78 is 28.0. The molecule has 0 unspecified atom stereocenters. The van der Waals surface area contributed by atoms with Crippen LogP contribution in [-0.4, -0.2) is 28.0 Å². The quantitative estimate of drug-likeness (QED) is 0.656. The van der Waals surface area contributed by atoms with Crippen molar-refractivity contribution >= 4 is 9.84 Å². The van der Waals surface area contributed by atoms with Crippen molar-refractivity contribution in [2.75, 3.05) is 0 Å². The lowest BCUT2D eigenvalue weighted by Gasteiger charge is -2.07. The van der Waals surface area contributed by atoms with Crippen LogP contribution in [0.5, 0.6) is 0 Å². The molecule has 1 fully saturated rings. The summed E-state index contributed by atoms with van der Waals surface area (Å²) in [7, 11) is -3.17. The van der Waals surface area contributed by atoms with Gasteiger partial charge in [0.15, 0.2) is 9.84 Å². The van der Waals surface area contributed by atoms with Crippen LogP contribution in [0, 0.1) is 0 Å². The molecule has 0 spiro atoms. The molecule has 0 bridgehead atoms. The Morgan fingerprint density at radius 2 is 1.78 bits per heavy atom. The van der Waals surface area contributed by atoms with Crippen molar-refractivity contribution in [1.82, 2.24) is 14.3 Å². The average molecular weight is 383 g/mol. The van der Waals surface area contributed by atoms with Gasteiger partial charge in [0.25, 0.3) is 5.56 Å². The van der Waals surface area contributed by atoms with Crippen molar-refractivity contribution < 1.29 is 8.42 Å². The Balaban J connectivity index is 1.61. The van der Waals surface area contributed by atoms with Crippen LogP contribution < -0.4 is 5.56 Å². The number of aryl methyl sites for hydroxylation is 1. The molecule has 0 amide bonds. The molecule has 4 rings (SSSR count). The van der Waals surface area contributed by atoms with Crippen molar-refractivity contribution in [2.24, 2.45) is 0 Å². The Morgan fingerprint density at radius 3 is 2.44 bits per heavy atom. The summed E-state index contributed by atoms with van der Waals surface area (Å²) in [6, 6.07) is 10.3. The molecule has 27 heavy (non-hydrogen) atoms. The minimum Gasteiger partial charge on any atom is -0.313 e. The first-order valence-corrected chi connectivity index (χ1v) is 10.6. The van der Waals surface area contributed by atoms with E-state index < -0.39 is 9.84 Å². The standard InChI is InChI=1S/C20H21N3O3S/c1-2-11-22-14-17(5-10-20(22)24)23-13-16(12-21-23)15-3-6-18(7-4-15)27(25,26)19-8-9-19/h3-7,10,12-14,19H,2,8-9,11H2,1H3. The summed E-state index contributed by atoms with van der Waals surface area (Å²) in [6.07, 6.45) is 7.81. The van der Waals surface area contributed by atoms with Crippen molar-refractivity contribution in [3.8, 4) is 16.8 Å². The van der Waals surface area contributed by atoms with Gasteiger partial charge in [0.2, 0.25) is 0 Å². The summed E-state index contributed by atoms with van der Waals surface area (Å²) >= 11 is 0. The predicted molar refractivity (Wildman–Crippen MR) is 104 cm³/mol. The highest BCUT2D eigenvalue weighted by molar-refractivity contribution is 7.92. The van der Waals surface area contributed by atoms with Crippen molar-refractivity contribution in [3.63, 3.8) is 0 Å². The van der Waals surface area contributed by atoms with E-state index in [0.717, 1.165) is 36.1 Å². The number of hydrogen-bond acceptors (Lipinski definition) is 4. The number of hydrogen-bond donors (Lipinski definition) is 0. The lowest BCUT2D eigenvalue weighted by Crippen LogP contribution is -2.19. The van der Waals surface area contributed by atoms with E-state index in [-0.39, 0.29) is 10.8 Å². The van der Waals surface area contributed by atoms with Gasteiger partial charge in [-0.2, -0.15) is 5.10 Å². The molecule has 6 nitrogen and oxygen atoms in total. The highest BCUT2D eigenvalue weighted by Gasteiger charge is 2.36. The van der Waals surface area contributed by atoms with Crippen molar-refractivity contribution in [2.45, 2.75) is 42.9 Å². The van der Waals surface area contributed by atoms with Gasteiger partial charge in [-0.1, -0.05) is 19.1 Å². The van der Waals surface area contributed by atoms with Gasteiger partial charge in [0.1, 0.15) is 0 Å². The lowest BCUT2D eigenvalue weighted by atomic mass is 10.1. The molecule has 7 heteroatoms. The molecule has 1 aliphatic carbocycles. The normalized spacial score (nSPS) is 14.4. The largest absolute Gasteiger partial charge is 0.313 e. The van der Waals surface area contributed by atoms with E-state index in [4.69, 9.17) is 0 Å². The summed E-state index contributed by atoms with van der Waals surface area (Å²) in [5, 5.41) is 4.18. The van der Waals surface area contributed by atoms with E-state index >= 15 is 0 Å². The van der Waals surface area contributed by atoms with E-state index in [1.165, 1.54) is 0 Å². The zero-order valence-corrected chi connectivity index (χ0v) is 15.9. The molecule has 3 aromatic rings. The third-order valence-electron chi connectivity index (χ3n) is 4.76. The fourth-order valence-electron chi connectivity index (χ4n) is 3.09. The topological polar surface area (TPSA) is 74.0 Å². The maximum atomic E-state index is 12.3. The van der Waals surface area contributed by atoms with E-state index in [0.29, 0.717) is 11.4 Å². The zero-order chi connectivity index (χ0) is 19.0. The maximum Gasteiger partial charge on any atom is 0.250 e. The predicted octanol–water partition coefficient (Wildman–Crippen LogP) is 3.05. The fourth-order valence-corrected chi connectivity index (χ4v) is 4.75. The molecule has 0 saturated heterocycles. The molecule has 1 saturated carbocycles. The van der Waals surface area contributed by atoms with Crippen molar-refractivity contribution in [3.05, 3.63) is 65.3 Å². The molecular weight excluding hydrogens is 362 g/mol. The second kappa shape index (κ2) is 6.81. The van der Waals surface area contributed by atoms with Gasteiger partial charge in [0.05, 0.1) is 22.0 Å². The third kappa shape index (κ3) is 3.47. The Bertz CT molecular complexity index is 1120. The highest BCUT2D eigenvalue weighted by atomic mass is 32.2. The smallest absolute Gasteiger partial charge is 0.250 e. The monoisotopic (exact) mass is 383 g/mol. The minimum absolute atomic E-state index is 0.0274. The van der Waals surface area contributed by atoms with Gasteiger partial charge in [-0.15, -0.1) is 0 Å². The second-order valence-electron chi connectivity index (χ2n) is 6.86. The Morgan fingerprint density at radius 1 is 1.04 bits per heavy atom. The van der Waals surface area contributed by atoms with E-state index in [1.807, 2.05) is 25.3 Å². The molecular formula is C20H21N3O3S. The number of rotatable bonds is 6. The molecule has 2 heterocycles. The van der Waals surface area contributed by atoms with E-state index in [2.05, 4.69) is 5.10 Å². The highest BCUT2D eigenvalue weighted by Crippen LogP contribution is 2.34. The number of pyridine rings is 1. The van der Waals surface area contributed by atoms with Gasteiger partial charge >= 0.3 is 0 Å². The van der Waals surface area contributed by atoms with Crippen LogP contribution in [0.1, 0.15) is 26.2 Å². The molecule has 0 atom stereocenters. The summed E-state index contributed by atoms with van der Waals surface area (Å²) in [5.74, 6) is 0. The summed E-state index contributed by atoms with van der Waals surface area (Å²) in [5.41, 5.74) is 2.57. The SMILES string of the molecule is CCCn1cc(-n2cc(-c3ccc(S(=O)(=O)C4CC4)cc3)cn2)ccc1=O. The molecule has 0 radical (unpaired) electrons. The van der Waals surface area contributed by atoms with Crippen LogP contribution in [0.3, 0.4) is 0 Å². The van der Waals surface area contributed by atoms with Gasteiger partial charge < -0.3 is 4.57 Å². The lowest BCUT2D eigenvalue weighted by molar-refractivity contribution is 0.595. The van der Waals surface area contributed by atoms with Crippen LogP contribution in [0.2, 0.25) is 0 Å². The van der Waals surface area contributed by atoms with Gasteiger partial charge in [0, 0.05) is 30.6 Å². The number of nitrogens with zero attached hydrogens (tertiary/aromatic N) is 3. The van der Waals surface area contributed by atoms with Crippen LogP contribution in [0.4, 0.5) is 0 Å². The zero-order valence-electron chi connectivity index (χ0n) is 15.1. The van der Waals surface area contributed by atoms with Crippen LogP contribution in [-0.2, 0) is 16.4 Å². The molecule has 2 aromatic heterocycles. The van der Waals surface area contributed by atoms with Crippen LogP contribution in [0.25, 0.3) is 16.8 Å². The third-order valence-corrected chi connectivity index (χ3v) is 7.04.